The van der Waals surface area contributed by atoms with Gasteiger partial charge in [0.25, 0.3) is 0 Å². The number of methoxy groups -OCH3 is 1. The zero-order valence-corrected chi connectivity index (χ0v) is 11.3. The molecule has 0 bridgehead atoms. The first kappa shape index (κ1) is 13.4. The maximum Gasteiger partial charge on any atom is 0.142 e. The van der Waals surface area contributed by atoms with Crippen LogP contribution in [0.5, 0.6) is 5.75 Å². The maximum absolute atomic E-state index is 5.87. The van der Waals surface area contributed by atoms with E-state index in [0.717, 1.165) is 16.9 Å². The quantitative estimate of drug-likeness (QED) is 0.612. The van der Waals surface area contributed by atoms with Gasteiger partial charge in [0.05, 0.1) is 13.3 Å². The molecule has 2 aromatic rings. The third-order valence-electron chi connectivity index (χ3n) is 2.49. The Morgan fingerprint density at radius 2 is 2.00 bits per heavy atom. The first-order valence-corrected chi connectivity index (χ1v) is 6.19. The molecule has 0 fully saturated rings. The summed E-state index contributed by atoms with van der Waals surface area (Å²) in [7, 11) is 1.64. The molecule has 0 aliphatic heterocycles. The highest BCUT2D eigenvalue weighted by Crippen LogP contribution is 2.13. The Balaban J connectivity index is 1.89. The minimum atomic E-state index is 0.397. The third-order valence-corrected chi connectivity index (χ3v) is 2.73. The predicted octanol–water partition coefficient (Wildman–Crippen LogP) is 3.90. The molecule has 4 heteroatoms. The Bertz CT molecular complexity index is 570. The van der Waals surface area contributed by atoms with Crippen molar-refractivity contribution in [3.63, 3.8) is 0 Å². The second-order valence-electron chi connectivity index (χ2n) is 3.91. The standard InChI is InChI=1S/C15H14ClNO2/c1-18-15-7-3-5-13(9-15)11-19-17-10-12-4-2-6-14(16)8-12/h2-10H,11H2,1H3. The lowest BCUT2D eigenvalue weighted by atomic mass is 10.2. The lowest BCUT2D eigenvalue weighted by molar-refractivity contribution is 0.132. The summed E-state index contributed by atoms with van der Waals surface area (Å²) < 4.78 is 5.13. The molecule has 0 heterocycles. The molecule has 98 valence electrons. The molecule has 3 nitrogen and oxygen atoms in total. The summed E-state index contributed by atoms with van der Waals surface area (Å²) in [6.45, 7) is 0.397. The Labute approximate surface area is 117 Å². The Kier molecular flexibility index (Phi) is 4.81. The fraction of sp³-hybridized carbons (Fsp3) is 0.133. The molecule has 0 N–H and O–H groups in total. The molecule has 0 aliphatic carbocycles. The van der Waals surface area contributed by atoms with E-state index in [9.17, 15) is 0 Å². The first-order chi connectivity index (χ1) is 9.28. The first-order valence-electron chi connectivity index (χ1n) is 5.82. The van der Waals surface area contributed by atoms with Crippen LogP contribution in [0.25, 0.3) is 0 Å². The highest BCUT2D eigenvalue weighted by Gasteiger charge is 1.95. The van der Waals surface area contributed by atoms with E-state index < -0.39 is 0 Å². The molecular formula is C15H14ClNO2. The lowest BCUT2D eigenvalue weighted by Crippen LogP contribution is -1.90. The number of nitrogens with zero attached hydrogens (tertiary/aromatic N) is 1. The van der Waals surface area contributed by atoms with E-state index in [-0.39, 0.29) is 0 Å². The SMILES string of the molecule is COc1cccc(CON=Cc2cccc(Cl)c2)c1. The number of halogens is 1. The molecule has 19 heavy (non-hydrogen) atoms. The topological polar surface area (TPSA) is 30.8 Å². The van der Waals surface area contributed by atoms with Crippen molar-refractivity contribution in [3.05, 3.63) is 64.7 Å². The average Bonchev–Trinajstić information content (AvgIpc) is 2.44. The van der Waals surface area contributed by atoms with E-state index in [1.807, 2.05) is 48.5 Å². The van der Waals surface area contributed by atoms with Gasteiger partial charge >= 0.3 is 0 Å². The minimum Gasteiger partial charge on any atom is -0.497 e. The Morgan fingerprint density at radius 3 is 2.79 bits per heavy atom. The van der Waals surface area contributed by atoms with Gasteiger partial charge in [0, 0.05) is 5.02 Å². The van der Waals surface area contributed by atoms with Crippen molar-refractivity contribution in [2.24, 2.45) is 5.16 Å². The molecule has 0 radical (unpaired) electrons. The number of rotatable bonds is 5. The van der Waals surface area contributed by atoms with Crippen LogP contribution in [0.3, 0.4) is 0 Å². The van der Waals surface area contributed by atoms with Gasteiger partial charge in [-0.1, -0.05) is 41.0 Å². The highest BCUT2D eigenvalue weighted by atomic mass is 35.5. The van der Waals surface area contributed by atoms with Gasteiger partial charge in [0.15, 0.2) is 0 Å². The Hall–Kier alpha value is -2.00. The molecule has 0 aromatic heterocycles. The summed E-state index contributed by atoms with van der Waals surface area (Å²) in [5.41, 5.74) is 1.90. The van der Waals surface area contributed by atoms with Crippen LogP contribution in [0.4, 0.5) is 0 Å². The zero-order chi connectivity index (χ0) is 13.5. The molecule has 0 unspecified atom stereocenters. The van der Waals surface area contributed by atoms with Gasteiger partial charge < -0.3 is 9.57 Å². The van der Waals surface area contributed by atoms with Crippen LogP contribution in [0.15, 0.2) is 53.7 Å². The Morgan fingerprint density at radius 1 is 1.16 bits per heavy atom. The van der Waals surface area contributed by atoms with Crippen LogP contribution in [0.1, 0.15) is 11.1 Å². The molecule has 0 saturated heterocycles. The summed E-state index contributed by atoms with van der Waals surface area (Å²) in [6.07, 6.45) is 1.63. The summed E-state index contributed by atoms with van der Waals surface area (Å²) >= 11 is 5.87. The van der Waals surface area contributed by atoms with E-state index >= 15 is 0 Å². The number of ether oxygens (including phenoxy) is 1. The van der Waals surface area contributed by atoms with Gasteiger partial charge in [-0.25, -0.2) is 0 Å². The van der Waals surface area contributed by atoms with E-state index in [1.165, 1.54) is 0 Å². The molecule has 0 aliphatic rings. The van der Waals surface area contributed by atoms with Crippen molar-refractivity contribution >= 4 is 17.8 Å². The molecule has 0 atom stereocenters. The average molecular weight is 276 g/mol. The predicted molar refractivity (Wildman–Crippen MR) is 76.8 cm³/mol. The minimum absolute atomic E-state index is 0.397. The fourth-order valence-electron chi connectivity index (χ4n) is 1.56. The summed E-state index contributed by atoms with van der Waals surface area (Å²) in [6, 6.07) is 15.1. The highest BCUT2D eigenvalue weighted by molar-refractivity contribution is 6.30. The van der Waals surface area contributed by atoms with Gasteiger partial charge in [-0.15, -0.1) is 0 Å². The van der Waals surface area contributed by atoms with Crippen molar-refractivity contribution in [2.75, 3.05) is 7.11 Å². The van der Waals surface area contributed by atoms with Gasteiger partial charge in [-0.05, 0) is 35.4 Å². The van der Waals surface area contributed by atoms with Gasteiger partial charge in [-0.2, -0.15) is 0 Å². The number of oxime groups is 1. The van der Waals surface area contributed by atoms with Gasteiger partial charge in [0.2, 0.25) is 0 Å². The van der Waals surface area contributed by atoms with Gasteiger partial charge in [0.1, 0.15) is 12.4 Å². The van der Waals surface area contributed by atoms with Crippen molar-refractivity contribution < 1.29 is 9.57 Å². The largest absolute Gasteiger partial charge is 0.497 e. The number of hydrogen-bond donors (Lipinski definition) is 0. The molecule has 2 aromatic carbocycles. The number of benzene rings is 2. The van der Waals surface area contributed by atoms with E-state index in [2.05, 4.69) is 5.16 Å². The van der Waals surface area contributed by atoms with Crippen molar-refractivity contribution in [1.82, 2.24) is 0 Å². The van der Waals surface area contributed by atoms with Crippen LogP contribution in [-0.4, -0.2) is 13.3 Å². The van der Waals surface area contributed by atoms with Crippen LogP contribution in [0, 0.1) is 0 Å². The molecule has 0 spiro atoms. The monoisotopic (exact) mass is 275 g/mol. The van der Waals surface area contributed by atoms with Crippen LogP contribution in [-0.2, 0) is 11.4 Å². The van der Waals surface area contributed by atoms with Crippen LogP contribution < -0.4 is 4.74 Å². The number of hydrogen-bond acceptors (Lipinski definition) is 3. The van der Waals surface area contributed by atoms with Crippen LogP contribution >= 0.6 is 11.6 Å². The second-order valence-corrected chi connectivity index (χ2v) is 4.35. The molecular weight excluding hydrogens is 262 g/mol. The van der Waals surface area contributed by atoms with E-state index in [4.69, 9.17) is 21.2 Å². The second kappa shape index (κ2) is 6.81. The summed E-state index contributed by atoms with van der Waals surface area (Å²) in [5.74, 6) is 0.805. The molecule has 0 saturated carbocycles. The smallest absolute Gasteiger partial charge is 0.142 e. The van der Waals surface area contributed by atoms with E-state index in [0.29, 0.717) is 11.6 Å². The lowest BCUT2D eigenvalue weighted by Gasteiger charge is -2.03. The fourth-order valence-corrected chi connectivity index (χ4v) is 1.76. The van der Waals surface area contributed by atoms with E-state index in [1.54, 1.807) is 13.3 Å². The summed E-state index contributed by atoms with van der Waals surface area (Å²) in [4.78, 5) is 5.23. The summed E-state index contributed by atoms with van der Waals surface area (Å²) in [5, 5.41) is 4.59. The van der Waals surface area contributed by atoms with Gasteiger partial charge in [-0.3, -0.25) is 0 Å². The molecule has 0 amide bonds. The van der Waals surface area contributed by atoms with Crippen molar-refractivity contribution in [1.29, 1.82) is 0 Å². The van der Waals surface area contributed by atoms with Crippen LogP contribution in [0.2, 0.25) is 5.02 Å². The molecule has 2 rings (SSSR count). The third kappa shape index (κ3) is 4.30. The normalized spacial score (nSPS) is 10.6. The zero-order valence-electron chi connectivity index (χ0n) is 10.5. The van der Waals surface area contributed by atoms with Crippen molar-refractivity contribution in [2.45, 2.75) is 6.61 Å². The van der Waals surface area contributed by atoms with Crippen molar-refractivity contribution in [3.8, 4) is 5.75 Å². The maximum atomic E-state index is 5.87.